The quantitative estimate of drug-likeness (QED) is 0.155. The topological polar surface area (TPSA) is 140 Å². The van der Waals surface area contributed by atoms with Gasteiger partial charge in [0, 0.05) is 23.4 Å². The molecule has 2 saturated carbocycles. The Kier molecular flexibility index (Phi) is 7.90. The number of benzene rings is 1. The minimum absolute atomic E-state index is 0.0754. The summed E-state index contributed by atoms with van der Waals surface area (Å²) in [6, 6.07) is 4.91. The van der Waals surface area contributed by atoms with E-state index in [1.54, 1.807) is 23.6 Å². The molecule has 0 saturated heterocycles. The third-order valence-corrected chi connectivity index (χ3v) is 8.08. The maximum Gasteiger partial charge on any atom is 0.340 e. The zero-order valence-corrected chi connectivity index (χ0v) is 23.6. The second kappa shape index (κ2) is 11.4. The maximum atomic E-state index is 14.2. The lowest BCUT2D eigenvalue weighted by molar-refractivity contribution is 0.0567. The van der Waals surface area contributed by atoms with Crippen molar-refractivity contribution in [3.05, 3.63) is 41.0 Å². The number of thiazole rings is 1. The Balaban J connectivity index is 1.55. The van der Waals surface area contributed by atoms with Crippen LogP contribution in [0.1, 0.15) is 66.9 Å². The summed E-state index contributed by atoms with van der Waals surface area (Å²) in [7, 11) is 1.51. The summed E-state index contributed by atoms with van der Waals surface area (Å²) >= 11 is 1.34. The van der Waals surface area contributed by atoms with Gasteiger partial charge in [0.05, 0.1) is 12.6 Å². The first-order valence-corrected chi connectivity index (χ1v) is 14.3. The Morgan fingerprint density at radius 2 is 1.95 bits per heavy atom. The summed E-state index contributed by atoms with van der Waals surface area (Å²) in [5.41, 5.74) is 2.40. The lowest BCUT2D eigenvalue weighted by Crippen LogP contribution is -2.47. The first kappa shape index (κ1) is 27.8. The van der Waals surface area contributed by atoms with Crippen molar-refractivity contribution in [2.45, 2.75) is 58.0 Å². The van der Waals surface area contributed by atoms with Gasteiger partial charge in [0.25, 0.3) is 11.8 Å². The number of ether oxygens (including phenoxy) is 1. The molecule has 3 aromatic rings. The second-order valence-electron chi connectivity index (χ2n) is 10.8. The van der Waals surface area contributed by atoms with Crippen LogP contribution in [0.5, 0.6) is 5.75 Å². The molecular formula is C28H33N6O5S. The molecule has 11 nitrogen and oxygen atoms in total. The highest BCUT2D eigenvalue weighted by Crippen LogP contribution is 2.37. The number of imide groups is 1. The van der Waals surface area contributed by atoms with E-state index in [1.165, 1.54) is 24.5 Å². The smallest absolute Gasteiger partial charge is 0.340 e. The van der Waals surface area contributed by atoms with Gasteiger partial charge < -0.3 is 9.64 Å². The van der Waals surface area contributed by atoms with Crippen molar-refractivity contribution in [3.8, 4) is 5.75 Å². The number of amides is 3. The van der Waals surface area contributed by atoms with Crippen LogP contribution in [0.25, 0.3) is 10.9 Å². The Hall–Kier alpha value is -3.77. The zero-order chi connectivity index (χ0) is 28.6. The van der Waals surface area contributed by atoms with E-state index in [0.717, 1.165) is 41.7 Å². The van der Waals surface area contributed by atoms with Crippen molar-refractivity contribution in [3.63, 3.8) is 0 Å². The third-order valence-electron chi connectivity index (χ3n) is 7.20. The van der Waals surface area contributed by atoms with Crippen LogP contribution >= 0.6 is 11.3 Å². The molecule has 40 heavy (non-hydrogen) atoms. The summed E-state index contributed by atoms with van der Waals surface area (Å²) in [5, 5.41) is 2.86. The van der Waals surface area contributed by atoms with E-state index >= 15 is 0 Å². The third kappa shape index (κ3) is 5.59. The van der Waals surface area contributed by atoms with Gasteiger partial charge in [-0.1, -0.05) is 26.7 Å². The van der Waals surface area contributed by atoms with E-state index in [0.29, 0.717) is 40.2 Å². The van der Waals surface area contributed by atoms with E-state index < -0.39 is 23.9 Å². The number of hydrazine groups is 1. The molecule has 2 aliphatic carbocycles. The minimum atomic E-state index is -1.13. The fourth-order valence-electron chi connectivity index (χ4n) is 4.92. The normalized spacial score (nSPS) is 15.6. The number of nitrogens with one attached hydrogen (secondary N) is 1. The lowest BCUT2D eigenvalue weighted by atomic mass is 10.1. The number of aromatic nitrogens is 2. The number of nitrogens with two attached hydrogens (primary N) is 1. The monoisotopic (exact) mass is 565 g/mol. The number of hydrogen-bond acceptors (Lipinski definition) is 9. The fraction of sp³-hybridized carbons (Fsp3) is 0.464. The predicted octanol–water partition coefficient (Wildman–Crippen LogP) is 3.72. The fourth-order valence-corrected chi connectivity index (χ4v) is 5.80. The second-order valence-corrected chi connectivity index (χ2v) is 11.7. The van der Waals surface area contributed by atoms with Gasteiger partial charge in [0.1, 0.15) is 23.2 Å². The molecule has 3 N–H and O–H groups in total. The predicted molar refractivity (Wildman–Crippen MR) is 151 cm³/mol. The summed E-state index contributed by atoms with van der Waals surface area (Å²) < 4.78 is 6.39. The number of carbonyl (C=O) groups excluding carboxylic acids is 4. The molecule has 5 rings (SSSR count). The van der Waals surface area contributed by atoms with Crippen LogP contribution < -0.4 is 20.9 Å². The van der Waals surface area contributed by atoms with Crippen LogP contribution in [0.15, 0.2) is 29.6 Å². The van der Waals surface area contributed by atoms with Crippen molar-refractivity contribution >= 4 is 51.5 Å². The number of hydrogen-bond donors (Lipinski definition) is 2. The van der Waals surface area contributed by atoms with E-state index in [9.17, 15) is 19.2 Å². The highest BCUT2D eigenvalue weighted by Gasteiger charge is 2.39. The van der Waals surface area contributed by atoms with Gasteiger partial charge in [-0.2, -0.15) is 0 Å². The zero-order valence-electron chi connectivity index (χ0n) is 22.8. The minimum Gasteiger partial charge on any atom is -0.497 e. The van der Waals surface area contributed by atoms with Crippen LogP contribution in [-0.2, 0) is 4.79 Å². The summed E-state index contributed by atoms with van der Waals surface area (Å²) in [4.78, 5) is 60.9. The molecule has 2 aliphatic rings. The van der Waals surface area contributed by atoms with Crippen molar-refractivity contribution in [2.75, 3.05) is 18.6 Å². The van der Waals surface area contributed by atoms with E-state index in [-0.39, 0.29) is 17.3 Å². The van der Waals surface area contributed by atoms with Crippen LogP contribution in [0.2, 0.25) is 0 Å². The van der Waals surface area contributed by atoms with Gasteiger partial charge >= 0.3 is 6.03 Å². The molecule has 2 aromatic heterocycles. The van der Waals surface area contributed by atoms with Gasteiger partial charge in [-0.15, -0.1) is 11.3 Å². The van der Waals surface area contributed by atoms with Crippen molar-refractivity contribution < 1.29 is 23.9 Å². The van der Waals surface area contributed by atoms with Gasteiger partial charge in [0.2, 0.25) is 6.29 Å². The lowest BCUT2D eigenvalue weighted by Gasteiger charge is -2.26. The van der Waals surface area contributed by atoms with Gasteiger partial charge in [-0.05, 0) is 55.4 Å². The molecular weight excluding hydrogens is 532 g/mol. The molecule has 3 amide bonds. The van der Waals surface area contributed by atoms with Gasteiger partial charge in [0.15, 0.2) is 5.13 Å². The molecule has 12 heteroatoms. The largest absolute Gasteiger partial charge is 0.497 e. The Morgan fingerprint density at radius 3 is 2.55 bits per heavy atom. The van der Waals surface area contributed by atoms with Gasteiger partial charge in [-0.3, -0.25) is 29.3 Å². The highest BCUT2D eigenvalue weighted by atomic mass is 32.1. The number of rotatable bonds is 11. The van der Waals surface area contributed by atoms with Crippen LogP contribution in [0, 0.1) is 11.8 Å². The number of fused-ring (bicyclic) bond motifs is 1. The van der Waals surface area contributed by atoms with Crippen LogP contribution in [-0.4, -0.2) is 64.3 Å². The van der Waals surface area contributed by atoms with Crippen molar-refractivity contribution in [2.24, 2.45) is 17.7 Å². The number of methoxy groups -OCH3 is 1. The summed E-state index contributed by atoms with van der Waals surface area (Å²) in [5.74, 6) is 5.08. The van der Waals surface area contributed by atoms with E-state index in [4.69, 9.17) is 10.6 Å². The molecule has 211 valence electrons. The standard InChI is InChI=1S/C28H33N6O5S/c1-16(2)13-32(19-6-7-19)28-30-22(15-40-28)25(36)33(20(14-35)10-17-4-5-17)26(37)24-12-18-11-21(39-3)8-9-23(18)34(24)27(38)31-29/h8-9,11-12,15-17,19-20H,4-7,10,13,29H2,1-3H3,(H,31,38)/t20-/m0/s1. The van der Waals surface area contributed by atoms with E-state index in [2.05, 4.69) is 29.2 Å². The molecule has 0 aliphatic heterocycles. The first-order chi connectivity index (χ1) is 19.2. The molecule has 0 unspecified atom stereocenters. The number of carbonyl (C=O) groups is 3. The molecule has 1 atom stereocenters. The number of anilines is 1. The molecule has 2 fully saturated rings. The van der Waals surface area contributed by atoms with Crippen LogP contribution in [0.4, 0.5) is 9.93 Å². The molecule has 0 spiro atoms. The van der Waals surface area contributed by atoms with E-state index in [1.807, 2.05) is 6.29 Å². The van der Waals surface area contributed by atoms with Gasteiger partial charge in [-0.25, -0.2) is 15.6 Å². The summed E-state index contributed by atoms with van der Waals surface area (Å²) in [6.07, 6.45) is 6.19. The van der Waals surface area contributed by atoms with Crippen LogP contribution in [0.3, 0.4) is 0 Å². The average Bonchev–Trinajstić information content (AvgIpc) is 3.87. The molecule has 2 heterocycles. The maximum absolute atomic E-state index is 14.2. The van der Waals surface area contributed by atoms with Crippen molar-refractivity contribution in [1.29, 1.82) is 0 Å². The number of nitrogen functional groups attached to an aromatic ring is 1. The summed E-state index contributed by atoms with van der Waals surface area (Å²) in [6.45, 7) is 5.06. The number of nitrogens with zero attached hydrogens (tertiary/aromatic N) is 4. The Labute approximate surface area is 236 Å². The Morgan fingerprint density at radius 1 is 1.20 bits per heavy atom. The average molecular weight is 566 g/mol. The molecule has 1 aromatic carbocycles. The molecule has 1 radical (unpaired) electrons. The Bertz CT molecular complexity index is 1440. The highest BCUT2D eigenvalue weighted by molar-refractivity contribution is 7.14. The SMILES string of the molecule is COc1ccc2c(c1)cc(C(=O)N(C(=O)c1csc(N(CC(C)C)C3CC3)n1)[C@H]([C]=O)CC1CC1)n2C(=O)NN. The molecule has 0 bridgehead atoms. The van der Waals surface area contributed by atoms with Crippen molar-refractivity contribution in [1.82, 2.24) is 19.9 Å². The first-order valence-electron chi connectivity index (χ1n) is 13.4.